The van der Waals surface area contributed by atoms with E-state index in [1.54, 1.807) is 55.5 Å². The van der Waals surface area contributed by atoms with E-state index in [9.17, 15) is 29.6 Å². The average Bonchev–Trinajstić information content (AvgIpc) is 3.34. The zero-order valence-corrected chi connectivity index (χ0v) is 21.2. The summed E-state index contributed by atoms with van der Waals surface area (Å²) < 4.78 is 0.816. The normalized spacial score (nSPS) is 24.8. The van der Waals surface area contributed by atoms with Crippen LogP contribution in [0.2, 0.25) is 0 Å². The van der Waals surface area contributed by atoms with E-state index in [0.717, 1.165) is 9.37 Å². The molecule has 0 bridgehead atoms. The maximum Gasteiger partial charge on any atom is 0.325 e. The van der Waals surface area contributed by atoms with E-state index >= 15 is 0 Å². The number of nitrogens with one attached hydrogen (secondary N) is 1. The monoisotopic (exact) mass is 563 g/mol. The molecular formula is C27H22BrN3O6. The molecule has 2 aliphatic heterocycles. The number of rotatable bonds is 6. The standard InChI is InChI=1S/C27H22BrN3O6/c1-15-4-2-3-5-20(15)30-24(32)21-22(25(30)33)27(26(34)35,14-16-6-12-19(13-7-16)31(36)37)29-23(21)17-8-10-18(28)11-9-17/h2-13,21-23,29H,14H2,1H3,(H,34,35). The van der Waals surface area contributed by atoms with Crippen LogP contribution in [-0.4, -0.2) is 33.4 Å². The van der Waals surface area contributed by atoms with E-state index in [2.05, 4.69) is 21.2 Å². The molecule has 37 heavy (non-hydrogen) atoms. The molecule has 3 aromatic rings. The van der Waals surface area contributed by atoms with Gasteiger partial charge in [0.2, 0.25) is 11.8 Å². The number of fused-ring (bicyclic) bond motifs is 1. The highest BCUT2D eigenvalue weighted by molar-refractivity contribution is 9.10. The van der Waals surface area contributed by atoms with Crippen LogP contribution < -0.4 is 10.2 Å². The van der Waals surface area contributed by atoms with E-state index in [0.29, 0.717) is 22.4 Å². The molecule has 4 unspecified atom stereocenters. The van der Waals surface area contributed by atoms with Gasteiger partial charge in [-0.2, -0.15) is 0 Å². The number of aryl methyl sites for hydroxylation is 1. The Hall–Kier alpha value is -3.89. The largest absolute Gasteiger partial charge is 0.480 e. The maximum atomic E-state index is 13.9. The number of hydrogen-bond donors (Lipinski definition) is 2. The topological polar surface area (TPSA) is 130 Å². The van der Waals surface area contributed by atoms with E-state index in [-0.39, 0.29) is 12.1 Å². The highest BCUT2D eigenvalue weighted by atomic mass is 79.9. The number of nitrogens with zero attached hydrogens (tertiary/aromatic N) is 2. The summed E-state index contributed by atoms with van der Waals surface area (Å²) in [5.74, 6) is -4.46. The lowest BCUT2D eigenvalue weighted by molar-refractivity contribution is -0.384. The van der Waals surface area contributed by atoms with Crippen LogP contribution in [0.5, 0.6) is 0 Å². The number of halogens is 1. The molecule has 5 rings (SSSR count). The molecule has 0 aliphatic carbocycles. The highest BCUT2D eigenvalue weighted by Crippen LogP contribution is 2.51. The fourth-order valence-electron chi connectivity index (χ4n) is 5.50. The fraction of sp³-hybridized carbons (Fsp3) is 0.222. The number of nitro benzene ring substituents is 1. The van der Waals surface area contributed by atoms with Crippen molar-refractivity contribution in [2.75, 3.05) is 4.90 Å². The van der Waals surface area contributed by atoms with Gasteiger partial charge >= 0.3 is 5.97 Å². The second kappa shape index (κ2) is 9.20. The Balaban J connectivity index is 1.64. The lowest BCUT2D eigenvalue weighted by Crippen LogP contribution is -2.57. The third-order valence-electron chi connectivity index (χ3n) is 7.25. The van der Waals surface area contributed by atoms with Gasteiger partial charge in [-0.05, 0) is 41.8 Å². The van der Waals surface area contributed by atoms with Gasteiger partial charge in [-0.1, -0.05) is 58.4 Å². The first-order valence-corrected chi connectivity index (χ1v) is 12.4. The third-order valence-corrected chi connectivity index (χ3v) is 7.78. The number of para-hydroxylation sites is 1. The minimum Gasteiger partial charge on any atom is -0.480 e. The average molecular weight is 564 g/mol. The molecule has 0 aromatic heterocycles. The van der Waals surface area contributed by atoms with Crippen LogP contribution in [0.4, 0.5) is 11.4 Å². The third kappa shape index (κ3) is 4.02. The summed E-state index contributed by atoms with van der Waals surface area (Å²) in [5.41, 5.74) is 0.367. The molecule has 4 atom stereocenters. The Labute approximate surface area is 220 Å². The van der Waals surface area contributed by atoms with Crippen LogP contribution in [0.1, 0.15) is 22.7 Å². The number of carboxylic acids is 1. The predicted octanol–water partition coefficient (Wildman–Crippen LogP) is 4.18. The van der Waals surface area contributed by atoms with Gasteiger partial charge in [-0.3, -0.25) is 29.8 Å². The molecular weight excluding hydrogens is 542 g/mol. The van der Waals surface area contributed by atoms with Crippen LogP contribution in [-0.2, 0) is 20.8 Å². The molecule has 3 aromatic carbocycles. The van der Waals surface area contributed by atoms with Crippen molar-refractivity contribution in [3.63, 3.8) is 0 Å². The second-order valence-corrected chi connectivity index (χ2v) is 10.3. The Kier molecular flexibility index (Phi) is 6.17. The zero-order valence-electron chi connectivity index (χ0n) is 19.6. The summed E-state index contributed by atoms with van der Waals surface area (Å²) in [6.07, 6.45) is -0.144. The molecule has 2 heterocycles. The molecule has 188 valence electrons. The van der Waals surface area contributed by atoms with Gasteiger partial charge in [0, 0.05) is 29.1 Å². The van der Waals surface area contributed by atoms with E-state index in [4.69, 9.17) is 0 Å². The smallest absolute Gasteiger partial charge is 0.325 e. The summed E-state index contributed by atoms with van der Waals surface area (Å²) in [6.45, 7) is 1.79. The number of amides is 2. The maximum absolute atomic E-state index is 13.9. The van der Waals surface area contributed by atoms with Crippen LogP contribution in [0, 0.1) is 28.9 Å². The number of benzene rings is 3. The van der Waals surface area contributed by atoms with Crippen molar-refractivity contribution >= 4 is 45.1 Å². The number of aliphatic carboxylic acids is 1. The van der Waals surface area contributed by atoms with E-state index < -0.39 is 46.1 Å². The van der Waals surface area contributed by atoms with Gasteiger partial charge in [0.05, 0.1) is 22.4 Å². The van der Waals surface area contributed by atoms with Crippen molar-refractivity contribution < 1.29 is 24.4 Å². The molecule has 2 aliphatic rings. The molecule has 9 nitrogen and oxygen atoms in total. The summed E-state index contributed by atoms with van der Waals surface area (Å²) in [7, 11) is 0. The molecule has 2 saturated heterocycles. The predicted molar refractivity (Wildman–Crippen MR) is 138 cm³/mol. The van der Waals surface area contributed by atoms with Crippen molar-refractivity contribution in [3.05, 3.63) is 104 Å². The number of hydrogen-bond acceptors (Lipinski definition) is 6. The first kappa shape index (κ1) is 24.8. The lowest BCUT2D eigenvalue weighted by atomic mass is 9.76. The summed E-state index contributed by atoms with van der Waals surface area (Å²) in [6, 6.07) is 19.0. The van der Waals surface area contributed by atoms with Crippen LogP contribution in [0.25, 0.3) is 0 Å². The molecule has 2 fully saturated rings. The number of anilines is 1. The van der Waals surface area contributed by atoms with Crippen molar-refractivity contribution in [2.24, 2.45) is 11.8 Å². The quantitative estimate of drug-likeness (QED) is 0.261. The van der Waals surface area contributed by atoms with E-state index in [1.165, 1.54) is 24.3 Å². The molecule has 2 N–H and O–H groups in total. The number of non-ortho nitro benzene ring substituents is 1. The Morgan fingerprint density at radius 3 is 2.30 bits per heavy atom. The SMILES string of the molecule is Cc1ccccc1N1C(=O)C2C(c3ccc(Br)cc3)NC(Cc3ccc([N+](=O)[O-])cc3)(C(=O)O)C2C1=O. The molecule has 0 saturated carbocycles. The zero-order chi connectivity index (χ0) is 26.5. The van der Waals surface area contributed by atoms with Crippen LogP contribution in [0.15, 0.2) is 77.3 Å². The van der Waals surface area contributed by atoms with Gasteiger partial charge in [-0.15, -0.1) is 0 Å². The summed E-state index contributed by atoms with van der Waals surface area (Å²) in [4.78, 5) is 52.5. The first-order chi connectivity index (χ1) is 17.6. The van der Waals surface area contributed by atoms with Gasteiger partial charge in [-0.25, -0.2) is 4.90 Å². The lowest BCUT2D eigenvalue weighted by Gasteiger charge is -2.31. The van der Waals surface area contributed by atoms with Gasteiger partial charge in [0.25, 0.3) is 5.69 Å². The van der Waals surface area contributed by atoms with Crippen molar-refractivity contribution in [1.29, 1.82) is 0 Å². The second-order valence-electron chi connectivity index (χ2n) is 9.35. The molecule has 2 amide bonds. The Morgan fingerprint density at radius 1 is 1.05 bits per heavy atom. The summed E-state index contributed by atoms with van der Waals surface area (Å²) >= 11 is 3.39. The number of nitro groups is 1. The highest BCUT2D eigenvalue weighted by Gasteiger charge is 2.68. The minimum absolute atomic E-state index is 0.129. The first-order valence-electron chi connectivity index (χ1n) is 11.6. The van der Waals surface area contributed by atoms with Crippen LogP contribution >= 0.6 is 15.9 Å². The number of imide groups is 1. The summed E-state index contributed by atoms with van der Waals surface area (Å²) in [5, 5.41) is 24.8. The molecule has 0 radical (unpaired) electrons. The van der Waals surface area contributed by atoms with E-state index in [1.807, 2.05) is 0 Å². The molecule has 10 heteroatoms. The molecule has 0 spiro atoms. The van der Waals surface area contributed by atoms with Crippen molar-refractivity contribution in [3.8, 4) is 0 Å². The van der Waals surface area contributed by atoms with Crippen LogP contribution in [0.3, 0.4) is 0 Å². The van der Waals surface area contributed by atoms with Gasteiger partial charge in [0.1, 0.15) is 5.54 Å². The number of carboxylic acid groups (broad SMARTS) is 1. The number of carbonyl (C=O) groups excluding carboxylic acids is 2. The Bertz CT molecular complexity index is 1420. The van der Waals surface area contributed by atoms with Crippen molar-refractivity contribution in [1.82, 2.24) is 5.32 Å². The van der Waals surface area contributed by atoms with Crippen molar-refractivity contribution in [2.45, 2.75) is 24.9 Å². The Morgan fingerprint density at radius 2 is 1.70 bits per heavy atom. The fourth-order valence-corrected chi connectivity index (χ4v) is 5.77. The minimum atomic E-state index is -1.82. The number of carbonyl (C=O) groups is 3. The van der Waals surface area contributed by atoms with Gasteiger partial charge in [0.15, 0.2) is 0 Å². The van der Waals surface area contributed by atoms with Gasteiger partial charge < -0.3 is 5.11 Å².